The van der Waals surface area contributed by atoms with Gasteiger partial charge in [0, 0.05) is 0 Å². The largest absolute Gasteiger partial charge is 0.464 e. The molecule has 0 radical (unpaired) electrons. The van der Waals surface area contributed by atoms with Crippen LogP contribution in [0.15, 0.2) is 30.3 Å². The molecule has 0 fully saturated rings. The number of rotatable bonds is 5. The molecule has 1 rings (SSSR count). The van der Waals surface area contributed by atoms with Crippen LogP contribution in [0.1, 0.15) is 18.6 Å². The predicted octanol–water partition coefficient (Wildman–Crippen LogP) is 1.27. The van der Waals surface area contributed by atoms with Gasteiger partial charge in [-0.3, -0.25) is 4.18 Å². The fraction of sp³-hybridized carbons (Fsp3) is 0.364. The first-order valence-corrected chi connectivity index (χ1v) is 6.85. The van der Waals surface area contributed by atoms with E-state index in [1.165, 1.54) is 0 Å². The SMILES string of the molecule is CCOC(=O)C(OS(C)(=O)=O)c1ccccc1. The Kier molecular flexibility index (Phi) is 4.65. The summed E-state index contributed by atoms with van der Waals surface area (Å²) >= 11 is 0. The molecule has 0 aliphatic carbocycles. The van der Waals surface area contributed by atoms with E-state index < -0.39 is 22.2 Å². The third kappa shape index (κ3) is 4.54. The summed E-state index contributed by atoms with van der Waals surface area (Å²) in [5.74, 6) is -0.718. The van der Waals surface area contributed by atoms with Crippen molar-refractivity contribution >= 4 is 16.1 Å². The van der Waals surface area contributed by atoms with Crippen molar-refractivity contribution in [2.45, 2.75) is 13.0 Å². The third-order valence-corrected chi connectivity index (χ3v) is 2.42. The molecule has 0 saturated heterocycles. The summed E-state index contributed by atoms with van der Waals surface area (Å²) in [6.45, 7) is 1.80. The van der Waals surface area contributed by atoms with Gasteiger partial charge in [0.15, 0.2) is 6.10 Å². The highest BCUT2D eigenvalue weighted by Gasteiger charge is 2.26. The van der Waals surface area contributed by atoms with Crippen molar-refractivity contribution in [2.24, 2.45) is 0 Å². The molecule has 5 nitrogen and oxygen atoms in total. The van der Waals surface area contributed by atoms with E-state index in [2.05, 4.69) is 0 Å². The van der Waals surface area contributed by atoms with Crippen molar-refractivity contribution in [3.05, 3.63) is 35.9 Å². The van der Waals surface area contributed by atoms with E-state index in [-0.39, 0.29) is 6.61 Å². The Hall–Kier alpha value is -1.40. The van der Waals surface area contributed by atoms with Crippen molar-refractivity contribution in [3.8, 4) is 0 Å². The topological polar surface area (TPSA) is 69.7 Å². The molecule has 94 valence electrons. The zero-order valence-electron chi connectivity index (χ0n) is 9.62. The van der Waals surface area contributed by atoms with Gasteiger partial charge in [-0.1, -0.05) is 30.3 Å². The Morgan fingerprint density at radius 1 is 1.29 bits per heavy atom. The van der Waals surface area contributed by atoms with E-state index >= 15 is 0 Å². The van der Waals surface area contributed by atoms with Gasteiger partial charge in [-0.05, 0) is 12.5 Å². The Morgan fingerprint density at radius 2 is 1.88 bits per heavy atom. The maximum Gasteiger partial charge on any atom is 0.341 e. The van der Waals surface area contributed by atoms with Gasteiger partial charge in [0.05, 0.1) is 12.9 Å². The molecular weight excluding hydrogens is 244 g/mol. The predicted molar refractivity (Wildman–Crippen MR) is 61.7 cm³/mol. The van der Waals surface area contributed by atoms with Gasteiger partial charge in [0.1, 0.15) is 0 Å². The van der Waals surface area contributed by atoms with Crippen LogP contribution in [0.2, 0.25) is 0 Å². The quantitative estimate of drug-likeness (QED) is 0.587. The molecule has 1 aromatic rings. The van der Waals surface area contributed by atoms with E-state index in [4.69, 9.17) is 8.92 Å². The molecule has 1 aromatic carbocycles. The molecule has 0 aliphatic rings. The second-order valence-electron chi connectivity index (χ2n) is 3.34. The number of hydrogen-bond donors (Lipinski definition) is 0. The maximum atomic E-state index is 11.6. The van der Waals surface area contributed by atoms with Gasteiger partial charge >= 0.3 is 5.97 Å². The van der Waals surface area contributed by atoms with Crippen molar-refractivity contribution in [2.75, 3.05) is 12.9 Å². The molecule has 0 N–H and O–H groups in total. The van der Waals surface area contributed by atoms with Gasteiger partial charge in [0.25, 0.3) is 10.1 Å². The summed E-state index contributed by atoms with van der Waals surface area (Å²) < 4.78 is 31.7. The van der Waals surface area contributed by atoms with Gasteiger partial charge in [-0.2, -0.15) is 8.42 Å². The van der Waals surface area contributed by atoms with Crippen LogP contribution in [0.4, 0.5) is 0 Å². The fourth-order valence-corrected chi connectivity index (χ4v) is 1.79. The number of carbonyl (C=O) groups excluding carboxylic acids is 1. The average Bonchev–Trinajstić information content (AvgIpc) is 2.26. The second-order valence-corrected chi connectivity index (χ2v) is 4.94. The normalized spacial score (nSPS) is 13.1. The molecule has 1 unspecified atom stereocenters. The van der Waals surface area contributed by atoms with Crippen LogP contribution in [-0.4, -0.2) is 27.2 Å². The first-order chi connectivity index (χ1) is 7.94. The van der Waals surface area contributed by atoms with E-state index in [0.717, 1.165) is 6.26 Å². The van der Waals surface area contributed by atoms with Crippen molar-refractivity contribution in [3.63, 3.8) is 0 Å². The molecule has 0 amide bonds. The summed E-state index contributed by atoms with van der Waals surface area (Å²) in [5, 5.41) is 0. The van der Waals surface area contributed by atoms with Crippen molar-refractivity contribution < 1.29 is 22.1 Å². The van der Waals surface area contributed by atoms with Crippen LogP contribution >= 0.6 is 0 Å². The Morgan fingerprint density at radius 3 is 2.35 bits per heavy atom. The van der Waals surface area contributed by atoms with Crippen molar-refractivity contribution in [1.29, 1.82) is 0 Å². The number of esters is 1. The number of benzene rings is 1. The smallest absolute Gasteiger partial charge is 0.341 e. The second kappa shape index (κ2) is 5.79. The molecule has 0 aromatic heterocycles. The van der Waals surface area contributed by atoms with Crippen LogP contribution in [0.3, 0.4) is 0 Å². The molecule has 0 saturated carbocycles. The molecule has 6 heteroatoms. The molecule has 0 spiro atoms. The summed E-state index contributed by atoms with van der Waals surface area (Å²) in [6, 6.07) is 8.34. The molecule has 1 atom stereocenters. The minimum absolute atomic E-state index is 0.162. The third-order valence-electron chi connectivity index (χ3n) is 1.87. The monoisotopic (exact) mass is 258 g/mol. The van der Waals surface area contributed by atoms with Gasteiger partial charge in [-0.15, -0.1) is 0 Å². The fourth-order valence-electron chi connectivity index (χ4n) is 1.25. The first kappa shape index (κ1) is 13.7. The molecule has 17 heavy (non-hydrogen) atoms. The highest BCUT2D eigenvalue weighted by atomic mass is 32.2. The van der Waals surface area contributed by atoms with E-state index in [0.29, 0.717) is 5.56 Å². The van der Waals surface area contributed by atoms with Crippen LogP contribution < -0.4 is 0 Å². The zero-order chi connectivity index (χ0) is 12.9. The minimum Gasteiger partial charge on any atom is -0.464 e. The Balaban J connectivity index is 2.99. The van der Waals surface area contributed by atoms with Crippen LogP contribution in [0.5, 0.6) is 0 Å². The highest BCUT2D eigenvalue weighted by Crippen LogP contribution is 2.20. The zero-order valence-corrected chi connectivity index (χ0v) is 10.4. The lowest BCUT2D eigenvalue weighted by atomic mass is 10.1. The van der Waals surface area contributed by atoms with Crippen LogP contribution in [0, 0.1) is 0 Å². The summed E-state index contributed by atoms with van der Waals surface area (Å²) in [4.78, 5) is 11.6. The maximum absolute atomic E-state index is 11.6. The average molecular weight is 258 g/mol. The summed E-state index contributed by atoms with van der Waals surface area (Å²) in [5.41, 5.74) is 0.441. The van der Waals surface area contributed by atoms with Crippen LogP contribution in [-0.2, 0) is 23.8 Å². The molecular formula is C11H14O5S. The lowest BCUT2D eigenvalue weighted by Gasteiger charge is -2.14. The highest BCUT2D eigenvalue weighted by molar-refractivity contribution is 7.86. The molecule has 0 aliphatic heterocycles. The summed E-state index contributed by atoms with van der Waals surface area (Å²) in [7, 11) is -3.74. The Labute approximate surface area is 100 Å². The number of carbonyl (C=O) groups is 1. The van der Waals surface area contributed by atoms with Gasteiger partial charge < -0.3 is 4.74 Å². The van der Waals surface area contributed by atoms with E-state index in [9.17, 15) is 13.2 Å². The van der Waals surface area contributed by atoms with E-state index in [1.807, 2.05) is 0 Å². The summed E-state index contributed by atoms with van der Waals surface area (Å²) in [6.07, 6.45) is -0.353. The van der Waals surface area contributed by atoms with Crippen molar-refractivity contribution in [1.82, 2.24) is 0 Å². The minimum atomic E-state index is -3.74. The molecule has 0 heterocycles. The van der Waals surface area contributed by atoms with Gasteiger partial charge in [0.2, 0.25) is 0 Å². The first-order valence-electron chi connectivity index (χ1n) is 5.04. The van der Waals surface area contributed by atoms with Crippen LogP contribution in [0.25, 0.3) is 0 Å². The lowest BCUT2D eigenvalue weighted by molar-refractivity contribution is -0.151. The number of ether oxygens (including phenoxy) is 1. The lowest BCUT2D eigenvalue weighted by Crippen LogP contribution is -2.21. The Bertz CT molecular complexity index is 466. The van der Waals surface area contributed by atoms with E-state index in [1.54, 1.807) is 37.3 Å². The number of hydrogen-bond acceptors (Lipinski definition) is 5. The molecule has 0 bridgehead atoms. The van der Waals surface area contributed by atoms with Gasteiger partial charge in [-0.25, -0.2) is 4.79 Å². The standard InChI is InChI=1S/C11H14O5S/c1-3-15-11(12)10(16-17(2,13)14)9-7-5-4-6-8-9/h4-8,10H,3H2,1-2H3.